The molecule has 0 aliphatic rings. The van der Waals surface area contributed by atoms with Gasteiger partial charge in [-0.25, -0.2) is 0 Å². The van der Waals surface area contributed by atoms with Crippen LogP contribution in [-0.2, 0) is 6.42 Å². The van der Waals surface area contributed by atoms with Crippen molar-refractivity contribution in [3.05, 3.63) is 60.1 Å². The molecule has 0 bridgehead atoms. The van der Waals surface area contributed by atoms with E-state index in [-0.39, 0.29) is 6.04 Å². The summed E-state index contributed by atoms with van der Waals surface area (Å²) in [6.07, 6.45) is 2.60. The highest BCUT2D eigenvalue weighted by atomic mass is 16.3. The fourth-order valence-corrected chi connectivity index (χ4v) is 1.74. The van der Waals surface area contributed by atoms with Crippen molar-refractivity contribution in [2.75, 3.05) is 13.1 Å². The summed E-state index contributed by atoms with van der Waals surface area (Å²) in [5.41, 5.74) is 7.23. The molecule has 2 rings (SSSR count). The smallest absolute Gasteiger partial charge is 0.105 e. The van der Waals surface area contributed by atoms with Crippen LogP contribution in [0, 0.1) is 0 Å². The van der Waals surface area contributed by atoms with Crippen molar-refractivity contribution in [2.24, 2.45) is 5.73 Å². The lowest BCUT2D eigenvalue weighted by Gasteiger charge is -2.12. The molecule has 1 aromatic carbocycles. The molecule has 90 valence electrons. The maximum absolute atomic E-state index is 6.07. The van der Waals surface area contributed by atoms with Crippen LogP contribution < -0.4 is 11.1 Å². The standard InChI is InChI=1S/C14H18N2O/c15-14(12-5-2-1-3-6-12)11-16-9-8-13-7-4-10-17-13/h1-7,10,14,16H,8-9,11,15H2. The van der Waals surface area contributed by atoms with Crippen LogP contribution >= 0.6 is 0 Å². The van der Waals surface area contributed by atoms with Crippen LogP contribution in [0.25, 0.3) is 0 Å². The van der Waals surface area contributed by atoms with Gasteiger partial charge in [-0.05, 0) is 17.7 Å². The molecule has 0 spiro atoms. The molecule has 0 aliphatic heterocycles. The van der Waals surface area contributed by atoms with E-state index in [1.54, 1.807) is 6.26 Å². The molecule has 1 unspecified atom stereocenters. The zero-order chi connectivity index (χ0) is 11.9. The van der Waals surface area contributed by atoms with E-state index in [0.29, 0.717) is 0 Å². The third-order valence-electron chi connectivity index (χ3n) is 2.72. The van der Waals surface area contributed by atoms with Gasteiger partial charge >= 0.3 is 0 Å². The van der Waals surface area contributed by atoms with Crippen molar-refractivity contribution in [3.63, 3.8) is 0 Å². The molecule has 0 fully saturated rings. The zero-order valence-corrected chi connectivity index (χ0v) is 9.80. The Hall–Kier alpha value is -1.58. The van der Waals surface area contributed by atoms with Crippen molar-refractivity contribution in [1.29, 1.82) is 0 Å². The van der Waals surface area contributed by atoms with Crippen LogP contribution in [0.4, 0.5) is 0 Å². The second kappa shape index (κ2) is 6.23. The Balaban J connectivity index is 1.68. The van der Waals surface area contributed by atoms with Gasteiger partial charge in [0.15, 0.2) is 0 Å². The van der Waals surface area contributed by atoms with Gasteiger partial charge in [0.2, 0.25) is 0 Å². The summed E-state index contributed by atoms with van der Waals surface area (Å²) in [5.74, 6) is 1.01. The number of rotatable bonds is 6. The molecule has 1 atom stereocenters. The summed E-state index contributed by atoms with van der Waals surface area (Å²) in [7, 11) is 0. The Kier molecular flexibility index (Phi) is 4.36. The summed E-state index contributed by atoms with van der Waals surface area (Å²) in [4.78, 5) is 0. The molecule has 3 nitrogen and oxygen atoms in total. The Labute approximate surface area is 102 Å². The fourth-order valence-electron chi connectivity index (χ4n) is 1.74. The van der Waals surface area contributed by atoms with E-state index < -0.39 is 0 Å². The van der Waals surface area contributed by atoms with Crippen molar-refractivity contribution in [3.8, 4) is 0 Å². The van der Waals surface area contributed by atoms with E-state index in [1.807, 2.05) is 30.3 Å². The highest BCUT2D eigenvalue weighted by Gasteiger charge is 2.04. The van der Waals surface area contributed by atoms with Crippen molar-refractivity contribution < 1.29 is 4.42 Å². The minimum absolute atomic E-state index is 0.0489. The maximum atomic E-state index is 6.07. The lowest BCUT2D eigenvalue weighted by Crippen LogP contribution is -2.28. The van der Waals surface area contributed by atoms with Gasteiger partial charge in [0.05, 0.1) is 6.26 Å². The summed E-state index contributed by atoms with van der Waals surface area (Å²) < 4.78 is 5.25. The van der Waals surface area contributed by atoms with Crippen LogP contribution in [0.1, 0.15) is 17.4 Å². The average molecular weight is 230 g/mol. The van der Waals surface area contributed by atoms with Crippen molar-refractivity contribution in [2.45, 2.75) is 12.5 Å². The Morgan fingerprint density at radius 3 is 2.65 bits per heavy atom. The molecule has 0 aliphatic carbocycles. The van der Waals surface area contributed by atoms with Crippen molar-refractivity contribution in [1.82, 2.24) is 5.32 Å². The number of nitrogens with two attached hydrogens (primary N) is 1. The Morgan fingerprint density at radius 1 is 1.12 bits per heavy atom. The molecular weight excluding hydrogens is 212 g/mol. The molecule has 0 amide bonds. The van der Waals surface area contributed by atoms with Crippen LogP contribution in [0.2, 0.25) is 0 Å². The van der Waals surface area contributed by atoms with Gasteiger partial charge in [0, 0.05) is 25.6 Å². The Bertz CT molecular complexity index is 411. The molecule has 2 aromatic rings. The molecular formula is C14H18N2O. The highest BCUT2D eigenvalue weighted by molar-refractivity contribution is 5.18. The first-order chi connectivity index (χ1) is 8.36. The van der Waals surface area contributed by atoms with E-state index in [1.165, 1.54) is 0 Å². The predicted molar refractivity (Wildman–Crippen MR) is 68.7 cm³/mol. The topological polar surface area (TPSA) is 51.2 Å². The minimum atomic E-state index is 0.0489. The van der Waals surface area contributed by atoms with E-state index in [4.69, 9.17) is 10.2 Å². The SMILES string of the molecule is NC(CNCCc1ccco1)c1ccccc1. The molecule has 3 N–H and O–H groups in total. The summed E-state index contributed by atoms with van der Waals surface area (Å²) in [5, 5.41) is 3.34. The van der Waals surface area contributed by atoms with Gasteiger partial charge in [0.1, 0.15) is 5.76 Å². The molecule has 1 heterocycles. The average Bonchev–Trinajstić information content (AvgIpc) is 2.88. The largest absolute Gasteiger partial charge is 0.469 e. The third kappa shape index (κ3) is 3.73. The van der Waals surface area contributed by atoms with Gasteiger partial charge < -0.3 is 15.5 Å². The van der Waals surface area contributed by atoms with E-state index in [9.17, 15) is 0 Å². The molecule has 3 heteroatoms. The summed E-state index contributed by atoms with van der Waals surface area (Å²) >= 11 is 0. The maximum Gasteiger partial charge on any atom is 0.105 e. The van der Waals surface area contributed by atoms with Crippen LogP contribution in [0.15, 0.2) is 53.1 Å². The highest BCUT2D eigenvalue weighted by Crippen LogP contribution is 2.07. The molecule has 0 saturated carbocycles. The number of hydrogen-bond donors (Lipinski definition) is 2. The number of hydrogen-bond acceptors (Lipinski definition) is 3. The first kappa shape index (κ1) is 11.9. The normalized spacial score (nSPS) is 12.5. The van der Waals surface area contributed by atoms with Gasteiger partial charge in [-0.2, -0.15) is 0 Å². The van der Waals surface area contributed by atoms with Crippen molar-refractivity contribution >= 4 is 0 Å². The first-order valence-electron chi connectivity index (χ1n) is 5.90. The third-order valence-corrected chi connectivity index (χ3v) is 2.72. The monoisotopic (exact) mass is 230 g/mol. The summed E-state index contributed by atoms with van der Waals surface area (Å²) in [6, 6.07) is 14.1. The lowest BCUT2D eigenvalue weighted by molar-refractivity contribution is 0.494. The molecule has 0 saturated heterocycles. The molecule has 0 radical (unpaired) electrons. The molecule has 17 heavy (non-hydrogen) atoms. The number of furan rings is 1. The van der Waals surface area contributed by atoms with Crippen LogP contribution in [0.3, 0.4) is 0 Å². The second-order valence-electron chi connectivity index (χ2n) is 4.05. The second-order valence-corrected chi connectivity index (χ2v) is 4.05. The van der Waals surface area contributed by atoms with Gasteiger partial charge in [0.25, 0.3) is 0 Å². The van der Waals surface area contributed by atoms with E-state index >= 15 is 0 Å². The van der Waals surface area contributed by atoms with Crippen LogP contribution in [-0.4, -0.2) is 13.1 Å². The van der Waals surface area contributed by atoms with Gasteiger partial charge in [-0.1, -0.05) is 30.3 Å². The number of benzene rings is 1. The van der Waals surface area contributed by atoms with Gasteiger partial charge in [-0.3, -0.25) is 0 Å². The lowest BCUT2D eigenvalue weighted by atomic mass is 10.1. The van der Waals surface area contributed by atoms with E-state index in [2.05, 4.69) is 17.4 Å². The summed E-state index contributed by atoms with van der Waals surface area (Å²) in [6.45, 7) is 1.67. The quantitative estimate of drug-likeness (QED) is 0.747. The predicted octanol–water partition coefficient (Wildman–Crippen LogP) is 2.11. The Morgan fingerprint density at radius 2 is 1.94 bits per heavy atom. The fraction of sp³-hybridized carbons (Fsp3) is 0.286. The minimum Gasteiger partial charge on any atom is -0.469 e. The van der Waals surface area contributed by atoms with E-state index in [0.717, 1.165) is 30.8 Å². The number of nitrogens with one attached hydrogen (secondary N) is 1. The van der Waals surface area contributed by atoms with Gasteiger partial charge in [-0.15, -0.1) is 0 Å². The molecule has 1 aromatic heterocycles. The zero-order valence-electron chi connectivity index (χ0n) is 9.80. The van der Waals surface area contributed by atoms with Crippen LogP contribution in [0.5, 0.6) is 0 Å². The first-order valence-corrected chi connectivity index (χ1v) is 5.90.